The van der Waals surface area contributed by atoms with Crippen molar-refractivity contribution in [1.82, 2.24) is 0 Å². The summed E-state index contributed by atoms with van der Waals surface area (Å²) in [4.78, 5) is 12.8. The van der Waals surface area contributed by atoms with Crippen molar-refractivity contribution >= 4 is 50.5 Å². The second-order valence-corrected chi connectivity index (χ2v) is 9.58. The number of carbonyl (C=O) groups excluding carboxylic acids is 1. The first kappa shape index (κ1) is 25.5. The highest BCUT2D eigenvalue weighted by molar-refractivity contribution is 7.92. The van der Waals surface area contributed by atoms with Crippen LogP contribution in [0.5, 0.6) is 17.2 Å². The van der Waals surface area contributed by atoms with Gasteiger partial charge >= 0.3 is 0 Å². The van der Waals surface area contributed by atoms with Crippen molar-refractivity contribution in [1.29, 1.82) is 0 Å². The standard InChI is InChI=1S/C23H22Cl2N2O6S/c1-31-20-10-8-15(24)12-19(20)27(14-23(28)26-18-7-5-4-6-17(18)25)34(29,30)16-9-11-21(32-2)22(13-16)33-3/h4-13H,14H2,1-3H3,(H,26,28). The maximum Gasteiger partial charge on any atom is 0.265 e. The monoisotopic (exact) mass is 524 g/mol. The number of sulfonamides is 1. The summed E-state index contributed by atoms with van der Waals surface area (Å²) >= 11 is 12.3. The van der Waals surface area contributed by atoms with Crippen LogP contribution in [0.1, 0.15) is 0 Å². The lowest BCUT2D eigenvalue weighted by Crippen LogP contribution is -2.38. The summed E-state index contributed by atoms with van der Waals surface area (Å²) < 4.78 is 44.2. The molecule has 8 nitrogen and oxygen atoms in total. The lowest BCUT2D eigenvalue weighted by atomic mass is 10.3. The summed E-state index contributed by atoms with van der Waals surface area (Å²) in [5.74, 6) is 0.144. The van der Waals surface area contributed by atoms with Gasteiger partial charge in [-0.3, -0.25) is 9.10 Å². The van der Waals surface area contributed by atoms with E-state index in [0.29, 0.717) is 16.5 Å². The molecule has 0 aliphatic heterocycles. The van der Waals surface area contributed by atoms with Crippen LogP contribution in [-0.2, 0) is 14.8 Å². The molecule has 0 heterocycles. The van der Waals surface area contributed by atoms with Crippen molar-refractivity contribution in [2.75, 3.05) is 37.5 Å². The van der Waals surface area contributed by atoms with Crippen LogP contribution >= 0.6 is 23.2 Å². The number of carbonyl (C=O) groups is 1. The minimum absolute atomic E-state index is 0.0825. The van der Waals surface area contributed by atoms with E-state index in [1.165, 1.54) is 51.7 Å². The highest BCUT2D eigenvalue weighted by Gasteiger charge is 2.31. The van der Waals surface area contributed by atoms with E-state index in [1.807, 2.05) is 0 Å². The van der Waals surface area contributed by atoms with Gasteiger partial charge in [-0.2, -0.15) is 0 Å². The fourth-order valence-electron chi connectivity index (χ4n) is 3.14. The number of benzene rings is 3. The van der Waals surface area contributed by atoms with Gasteiger partial charge in [0.2, 0.25) is 5.91 Å². The molecule has 0 aliphatic rings. The van der Waals surface area contributed by atoms with E-state index < -0.39 is 22.5 Å². The molecule has 3 rings (SSSR count). The third kappa shape index (κ3) is 5.49. The zero-order chi connectivity index (χ0) is 24.9. The molecule has 0 atom stereocenters. The Bertz CT molecular complexity index is 1300. The zero-order valence-corrected chi connectivity index (χ0v) is 20.9. The predicted octanol–water partition coefficient (Wildman–Crippen LogP) is 4.85. The second kappa shape index (κ2) is 10.9. The molecule has 0 spiro atoms. The number of hydrogen-bond acceptors (Lipinski definition) is 6. The first-order valence-corrected chi connectivity index (χ1v) is 12.0. The van der Waals surface area contributed by atoms with Crippen LogP contribution in [0.4, 0.5) is 11.4 Å². The molecule has 34 heavy (non-hydrogen) atoms. The SMILES string of the molecule is COc1ccc(S(=O)(=O)N(CC(=O)Nc2ccccc2Cl)c2cc(Cl)ccc2OC)cc1OC. The maximum absolute atomic E-state index is 13.8. The van der Waals surface area contributed by atoms with Crippen LogP contribution in [-0.4, -0.2) is 42.2 Å². The first-order valence-electron chi connectivity index (χ1n) is 9.84. The molecule has 0 fully saturated rings. The number of nitrogens with one attached hydrogen (secondary N) is 1. The molecule has 180 valence electrons. The number of para-hydroxylation sites is 1. The number of amides is 1. The van der Waals surface area contributed by atoms with Crippen molar-refractivity contribution < 1.29 is 27.4 Å². The lowest BCUT2D eigenvalue weighted by Gasteiger charge is -2.26. The van der Waals surface area contributed by atoms with Crippen molar-refractivity contribution in [2.45, 2.75) is 4.90 Å². The van der Waals surface area contributed by atoms with Gasteiger partial charge in [-0.15, -0.1) is 0 Å². The molecule has 3 aromatic carbocycles. The summed E-state index contributed by atoms with van der Waals surface area (Å²) in [6, 6.07) is 15.2. The van der Waals surface area contributed by atoms with E-state index in [2.05, 4.69) is 5.32 Å². The highest BCUT2D eigenvalue weighted by Crippen LogP contribution is 2.37. The minimum Gasteiger partial charge on any atom is -0.495 e. The van der Waals surface area contributed by atoms with E-state index in [0.717, 1.165) is 4.31 Å². The normalized spacial score (nSPS) is 11.0. The summed E-state index contributed by atoms with van der Waals surface area (Å²) in [7, 11) is -0.0759. The van der Waals surface area contributed by atoms with Gasteiger partial charge in [0.25, 0.3) is 10.0 Å². The Morgan fingerprint density at radius 1 is 0.882 bits per heavy atom. The first-order chi connectivity index (χ1) is 16.2. The van der Waals surface area contributed by atoms with Crippen LogP contribution < -0.4 is 23.8 Å². The molecule has 1 amide bonds. The molecular weight excluding hydrogens is 503 g/mol. The summed E-state index contributed by atoms with van der Waals surface area (Å²) in [6.45, 7) is -0.585. The van der Waals surface area contributed by atoms with Crippen LogP contribution in [0.2, 0.25) is 10.0 Å². The molecule has 0 aromatic heterocycles. The van der Waals surface area contributed by atoms with Crippen molar-refractivity contribution in [3.63, 3.8) is 0 Å². The third-order valence-corrected chi connectivity index (χ3v) is 7.11. The van der Waals surface area contributed by atoms with Gasteiger partial charge in [0.15, 0.2) is 11.5 Å². The van der Waals surface area contributed by atoms with E-state index in [4.69, 9.17) is 37.4 Å². The predicted molar refractivity (Wildman–Crippen MR) is 132 cm³/mol. The average Bonchev–Trinajstić information content (AvgIpc) is 2.83. The molecule has 0 saturated carbocycles. The molecule has 11 heteroatoms. The number of halogens is 2. The fourth-order valence-corrected chi connectivity index (χ4v) is 4.93. The summed E-state index contributed by atoms with van der Waals surface area (Å²) in [5, 5.41) is 3.20. The quantitative estimate of drug-likeness (QED) is 0.429. The largest absolute Gasteiger partial charge is 0.495 e. The topological polar surface area (TPSA) is 94.2 Å². The lowest BCUT2D eigenvalue weighted by molar-refractivity contribution is -0.114. The Balaban J connectivity index is 2.09. The maximum atomic E-state index is 13.8. The Hall–Kier alpha value is -3.14. The molecule has 0 unspecified atom stereocenters. The van der Waals surface area contributed by atoms with E-state index >= 15 is 0 Å². The van der Waals surface area contributed by atoms with Crippen molar-refractivity contribution in [2.24, 2.45) is 0 Å². The minimum atomic E-state index is -4.29. The second-order valence-electron chi connectivity index (χ2n) is 6.87. The van der Waals surface area contributed by atoms with Crippen molar-refractivity contribution in [3.05, 3.63) is 70.7 Å². The van der Waals surface area contributed by atoms with E-state index in [-0.39, 0.29) is 27.1 Å². The van der Waals surface area contributed by atoms with Crippen LogP contribution in [0.15, 0.2) is 65.6 Å². The number of nitrogens with zero attached hydrogens (tertiary/aromatic N) is 1. The number of anilines is 2. The molecule has 0 aliphatic carbocycles. The summed E-state index contributed by atoms with van der Waals surface area (Å²) in [6.07, 6.45) is 0. The van der Waals surface area contributed by atoms with Gasteiger partial charge in [-0.25, -0.2) is 8.42 Å². The van der Waals surface area contributed by atoms with E-state index in [9.17, 15) is 13.2 Å². The van der Waals surface area contributed by atoms with Gasteiger partial charge in [0, 0.05) is 11.1 Å². The molecule has 0 saturated heterocycles. The average molecular weight is 525 g/mol. The summed E-state index contributed by atoms with van der Waals surface area (Å²) in [5.41, 5.74) is 0.426. The molecule has 3 aromatic rings. The van der Waals surface area contributed by atoms with Gasteiger partial charge < -0.3 is 19.5 Å². The van der Waals surface area contributed by atoms with Crippen LogP contribution in [0.25, 0.3) is 0 Å². The van der Waals surface area contributed by atoms with Gasteiger partial charge in [0.05, 0.1) is 42.6 Å². The smallest absolute Gasteiger partial charge is 0.265 e. The third-order valence-electron chi connectivity index (χ3n) is 4.79. The number of ether oxygens (including phenoxy) is 3. The fraction of sp³-hybridized carbons (Fsp3) is 0.174. The highest BCUT2D eigenvalue weighted by atomic mass is 35.5. The Kier molecular flexibility index (Phi) is 8.14. The Morgan fingerprint density at radius 2 is 1.53 bits per heavy atom. The zero-order valence-electron chi connectivity index (χ0n) is 18.5. The van der Waals surface area contributed by atoms with Crippen LogP contribution in [0.3, 0.4) is 0 Å². The molecule has 1 N–H and O–H groups in total. The number of hydrogen-bond donors (Lipinski definition) is 1. The van der Waals surface area contributed by atoms with E-state index in [1.54, 1.807) is 30.3 Å². The molecule has 0 bridgehead atoms. The van der Waals surface area contributed by atoms with Crippen molar-refractivity contribution in [3.8, 4) is 17.2 Å². The Labute approximate surface area is 208 Å². The number of methoxy groups -OCH3 is 3. The van der Waals surface area contributed by atoms with Gasteiger partial charge in [-0.05, 0) is 42.5 Å². The van der Waals surface area contributed by atoms with Gasteiger partial charge in [-0.1, -0.05) is 35.3 Å². The van der Waals surface area contributed by atoms with Crippen LogP contribution in [0, 0.1) is 0 Å². The Morgan fingerprint density at radius 3 is 2.18 bits per heavy atom. The van der Waals surface area contributed by atoms with Gasteiger partial charge in [0.1, 0.15) is 12.3 Å². The number of rotatable bonds is 9. The molecular formula is C23H22Cl2N2O6S. The molecule has 0 radical (unpaired) electrons.